The molecule has 2 aromatic heterocycles. The fourth-order valence-corrected chi connectivity index (χ4v) is 2.78. The Morgan fingerprint density at radius 1 is 1.26 bits per heavy atom. The molecule has 3 heterocycles. The lowest BCUT2D eigenvalue weighted by atomic mass is 10.1. The number of likely N-dealkylation sites (tertiary alicyclic amines) is 1. The molecule has 3 rings (SSSR count). The largest absolute Gasteiger partial charge is 0.300 e. The van der Waals surface area contributed by atoms with Gasteiger partial charge in [-0.2, -0.15) is 0 Å². The lowest BCUT2D eigenvalue weighted by Crippen LogP contribution is -2.29. The van der Waals surface area contributed by atoms with Crippen LogP contribution in [0.15, 0.2) is 12.4 Å². The van der Waals surface area contributed by atoms with E-state index in [4.69, 9.17) is 11.6 Å². The normalized spacial score (nSPS) is 16.5. The molecule has 0 unspecified atom stereocenters. The van der Waals surface area contributed by atoms with Crippen LogP contribution >= 0.6 is 24.0 Å². The van der Waals surface area contributed by atoms with Gasteiger partial charge in [0.05, 0.1) is 5.69 Å². The Morgan fingerprint density at radius 3 is 2.68 bits per heavy atom. The van der Waals surface area contributed by atoms with E-state index in [9.17, 15) is 0 Å². The van der Waals surface area contributed by atoms with Crippen molar-refractivity contribution in [3.05, 3.63) is 28.9 Å². The van der Waals surface area contributed by atoms with Crippen molar-refractivity contribution in [2.75, 3.05) is 13.1 Å². The predicted octanol–water partition coefficient (Wildman–Crippen LogP) is 3.10. The Bertz CT molecular complexity index is 561. The van der Waals surface area contributed by atoms with Gasteiger partial charge in [-0.15, -0.1) is 12.4 Å². The van der Waals surface area contributed by atoms with Crippen molar-refractivity contribution in [2.24, 2.45) is 0 Å². The molecule has 0 spiro atoms. The lowest BCUT2D eigenvalue weighted by molar-refractivity contribution is 0.218. The first-order valence-corrected chi connectivity index (χ1v) is 6.84. The van der Waals surface area contributed by atoms with Gasteiger partial charge in [0.2, 0.25) is 0 Å². The minimum Gasteiger partial charge on any atom is -0.300 e. The van der Waals surface area contributed by atoms with E-state index >= 15 is 0 Å². The monoisotopic (exact) mass is 300 g/mol. The average molecular weight is 301 g/mol. The number of halogens is 2. The summed E-state index contributed by atoms with van der Waals surface area (Å²) in [5.41, 5.74) is 3.05. The molecule has 0 atom stereocenters. The highest BCUT2D eigenvalue weighted by Gasteiger charge is 2.16. The van der Waals surface area contributed by atoms with Gasteiger partial charge in [0, 0.05) is 24.6 Å². The summed E-state index contributed by atoms with van der Waals surface area (Å²) in [6.45, 7) is 5.37. The summed E-state index contributed by atoms with van der Waals surface area (Å²) < 4.78 is 2.02. The third kappa shape index (κ3) is 2.86. The van der Waals surface area contributed by atoms with Crippen LogP contribution in [0.1, 0.15) is 30.7 Å². The number of hydrogen-bond acceptors (Lipinski definition) is 3. The standard InChI is InChI=1S/C13H17ClN4.ClH/c1-10-11(9-17-6-3-2-4-7-17)16-13-12(14)15-5-8-18(10)13;/h5,8H,2-4,6-7,9H2,1H3;1H. The number of rotatable bonds is 2. The van der Waals surface area contributed by atoms with Gasteiger partial charge in [-0.25, -0.2) is 9.97 Å². The molecule has 0 aromatic carbocycles. The molecule has 1 aliphatic rings. The molecule has 1 aliphatic heterocycles. The first-order valence-electron chi connectivity index (χ1n) is 6.46. The van der Waals surface area contributed by atoms with Crippen LogP contribution in [0.25, 0.3) is 5.65 Å². The Morgan fingerprint density at radius 2 is 2.00 bits per heavy atom. The van der Waals surface area contributed by atoms with Crippen LogP contribution in [0.5, 0.6) is 0 Å². The SMILES string of the molecule is Cc1c(CN2CCCCC2)nc2c(Cl)nccn12.Cl. The zero-order valence-corrected chi connectivity index (χ0v) is 12.5. The fraction of sp³-hybridized carbons (Fsp3) is 0.538. The molecular formula is C13H18Cl2N4. The third-order valence-corrected chi connectivity index (χ3v) is 3.92. The third-order valence-electron chi connectivity index (χ3n) is 3.66. The average Bonchev–Trinajstić information content (AvgIpc) is 2.70. The zero-order valence-electron chi connectivity index (χ0n) is 11.0. The van der Waals surface area contributed by atoms with E-state index in [0.29, 0.717) is 5.15 Å². The first kappa shape index (κ1) is 14.6. The quantitative estimate of drug-likeness (QED) is 0.854. The number of imidazole rings is 1. The van der Waals surface area contributed by atoms with Crippen molar-refractivity contribution >= 4 is 29.7 Å². The molecule has 0 aliphatic carbocycles. The Kier molecular flexibility index (Phi) is 4.66. The van der Waals surface area contributed by atoms with Crippen molar-refractivity contribution in [1.29, 1.82) is 0 Å². The first-order chi connectivity index (χ1) is 8.75. The molecule has 2 aromatic rings. The number of nitrogens with zero attached hydrogens (tertiary/aromatic N) is 4. The second-order valence-electron chi connectivity index (χ2n) is 4.89. The van der Waals surface area contributed by atoms with Crippen LogP contribution in [0.4, 0.5) is 0 Å². The number of aromatic nitrogens is 3. The second kappa shape index (κ2) is 6.07. The van der Waals surface area contributed by atoms with Crippen LogP contribution in [0.3, 0.4) is 0 Å². The predicted molar refractivity (Wildman–Crippen MR) is 79.1 cm³/mol. The molecule has 4 nitrogen and oxygen atoms in total. The molecule has 1 fully saturated rings. The summed E-state index contributed by atoms with van der Waals surface area (Å²) in [4.78, 5) is 11.2. The number of hydrogen-bond donors (Lipinski definition) is 0. The molecule has 0 saturated carbocycles. The molecule has 0 bridgehead atoms. The number of aryl methyl sites for hydroxylation is 1. The van der Waals surface area contributed by atoms with Crippen LogP contribution in [0, 0.1) is 6.92 Å². The number of piperidine rings is 1. The number of fused-ring (bicyclic) bond motifs is 1. The highest BCUT2D eigenvalue weighted by molar-refractivity contribution is 6.32. The van der Waals surface area contributed by atoms with Gasteiger partial charge in [0.15, 0.2) is 10.8 Å². The molecular weight excluding hydrogens is 283 g/mol. The summed E-state index contributed by atoms with van der Waals surface area (Å²) in [6, 6.07) is 0. The Balaban J connectivity index is 0.00000133. The Hall–Kier alpha value is -0.840. The van der Waals surface area contributed by atoms with Crippen LogP contribution in [-0.4, -0.2) is 32.4 Å². The maximum absolute atomic E-state index is 6.08. The fourth-order valence-electron chi connectivity index (χ4n) is 2.59. The van der Waals surface area contributed by atoms with Gasteiger partial charge in [0.1, 0.15) is 0 Å². The van der Waals surface area contributed by atoms with Gasteiger partial charge < -0.3 is 0 Å². The van der Waals surface area contributed by atoms with E-state index < -0.39 is 0 Å². The second-order valence-corrected chi connectivity index (χ2v) is 5.25. The van der Waals surface area contributed by atoms with E-state index in [2.05, 4.69) is 21.8 Å². The van der Waals surface area contributed by atoms with Gasteiger partial charge >= 0.3 is 0 Å². The van der Waals surface area contributed by atoms with Crippen molar-refractivity contribution in [2.45, 2.75) is 32.7 Å². The highest BCUT2D eigenvalue weighted by Crippen LogP contribution is 2.20. The molecule has 0 radical (unpaired) electrons. The minimum atomic E-state index is 0. The van der Waals surface area contributed by atoms with Crippen molar-refractivity contribution in [1.82, 2.24) is 19.3 Å². The molecule has 1 saturated heterocycles. The van der Waals surface area contributed by atoms with Gasteiger partial charge in [-0.05, 0) is 32.9 Å². The van der Waals surface area contributed by atoms with Crippen molar-refractivity contribution in [3.8, 4) is 0 Å². The molecule has 0 amide bonds. The summed E-state index contributed by atoms with van der Waals surface area (Å²) in [7, 11) is 0. The highest BCUT2D eigenvalue weighted by atomic mass is 35.5. The van der Waals surface area contributed by atoms with Gasteiger partial charge in [-0.1, -0.05) is 18.0 Å². The smallest absolute Gasteiger partial charge is 0.175 e. The van der Waals surface area contributed by atoms with Crippen molar-refractivity contribution in [3.63, 3.8) is 0 Å². The summed E-state index contributed by atoms with van der Waals surface area (Å²) in [5, 5.41) is 0.477. The van der Waals surface area contributed by atoms with E-state index in [1.165, 1.54) is 38.0 Å². The Labute approximate surface area is 124 Å². The molecule has 19 heavy (non-hydrogen) atoms. The molecule has 0 N–H and O–H groups in total. The van der Waals surface area contributed by atoms with Crippen molar-refractivity contribution < 1.29 is 0 Å². The van der Waals surface area contributed by atoms with Crippen LogP contribution in [-0.2, 0) is 6.54 Å². The topological polar surface area (TPSA) is 33.4 Å². The van der Waals surface area contributed by atoms with E-state index in [1.807, 2.05) is 10.6 Å². The zero-order chi connectivity index (χ0) is 12.5. The summed E-state index contributed by atoms with van der Waals surface area (Å²) in [5.74, 6) is 0. The maximum Gasteiger partial charge on any atom is 0.175 e. The summed E-state index contributed by atoms with van der Waals surface area (Å²) in [6.07, 6.45) is 7.60. The van der Waals surface area contributed by atoms with Crippen LogP contribution < -0.4 is 0 Å². The maximum atomic E-state index is 6.08. The minimum absolute atomic E-state index is 0. The van der Waals surface area contributed by atoms with Gasteiger partial charge in [-0.3, -0.25) is 9.30 Å². The molecule has 6 heteroatoms. The summed E-state index contributed by atoms with van der Waals surface area (Å²) >= 11 is 6.08. The van der Waals surface area contributed by atoms with E-state index in [0.717, 1.165) is 17.9 Å². The van der Waals surface area contributed by atoms with Crippen LogP contribution in [0.2, 0.25) is 5.15 Å². The van der Waals surface area contributed by atoms with E-state index in [1.54, 1.807) is 6.20 Å². The van der Waals surface area contributed by atoms with Gasteiger partial charge in [0.25, 0.3) is 0 Å². The molecule has 104 valence electrons. The van der Waals surface area contributed by atoms with E-state index in [-0.39, 0.29) is 12.4 Å². The lowest BCUT2D eigenvalue weighted by Gasteiger charge is -2.25.